The molecule has 2 aromatic rings. The van der Waals surface area contributed by atoms with Crippen LogP contribution in [0.3, 0.4) is 0 Å². The van der Waals surface area contributed by atoms with E-state index in [-0.39, 0.29) is 12.0 Å². The summed E-state index contributed by atoms with van der Waals surface area (Å²) < 4.78 is 10.2. The number of carbonyl (C=O) groups excluding carboxylic acids is 1. The van der Waals surface area contributed by atoms with Gasteiger partial charge in [0.1, 0.15) is 17.4 Å². The summed E-state index contributed by atoms with van der Waals surface area (Å²) >= 11 is 0. The highest BCUT2D eigenvalue weighted by molar-refractivity contribution is 5.72. The molecule has 1 unspecified atom stereocenters. The maximum atomic E-state index is 11.7. The van der Waals surface area contributed by atoms with E-state index in [2.05, 4.69) is 24.3 Å². The molecule has 1 saturated heterocycles. The summed E-state index contributed by atoms with van der Waals surface area (Å²) in [6, 6.07) is 0.326. The molecule has 2 aromatic heterocycles. The fourth-order valence-electron chi connectivity index (χ4n) is 4.17. The topological polar surface area (TPSA) is 93.4 Å². The van der Waals surface area contributed by atoms with Crippen LogP contribution in [0.1, 0.15) is 42.6 Å². The number of piperidine rings is 1. The lowest BCUT2D eigenvalue weighted by Gasteiger charge is -2.20. The molecular weight excluding hydrogens is 358 g/mol. The number of methoxy groups -OCH3 is 1. The highest BCUT2D eigenvalue weighted by atomic mass is 16.5. The van der Waals surface area contributed by atoms with Gasteiger partial charge in [-0.15, -0.1) is 0 Å². The molecule has 4 rings (SSSR count). The second-order valence-corrected chi connectivity index (χ2v) is 8.13. The lowest BCUT2D eigenvalue weighted by Crippen LogP contribution is -2.33. The smallest absolute Gasteiger partial charge is 0.409 e. The van der Waals surface area contributed by atoms with Gasteiger partial charge in [-0.2, -0.15) is 0 Å². The molecule has 0 bridgehead atoms. The van der Waals surface area contributed by atoms with E-state index in [4.69, 9.17) is 19.2 Å². The summed E-state index contributed by atoms with van der Waals surface area (Å²) in [5.74, 6) is 3.51. The Kier molecular flexibility index (Phi) is 4.51. The van der Waals surface area contributed by atoms with Crippen LogP contribution in [-0.2, 0) is 4.74 Å². The monoisotopic (exact) mass is 385 g/mol. The van der Waals surface area contributed by atoms with Crippen LogP contribution >= 0.6 is 0 Å². The number of carbonyl (C=O) groups is 1. The number of nitrogens with zero attached hydrogens (tertiary/aromatic N) is 4. The molecule has 150 valence electrons. The van der Waals surface area contributed by atoms with E-state index >= 15 is 0 Å². The Balaban J connectivity index is 1.61. The first-order valence-electron chi connectivity index (χ1n) is 9.73. The number of anilines is 1. The van der Waals surface area contributed by atoms with Gasteiger partial charge in [0.2, 0.25) is 0 Å². The minimum absolute atomic E-state index is 0.203. The van der Waals surface area contributed by atoms with Gasteiger partial charge in [-0.05, 0) is 20.8 Å². The van der Waals surface area contributed by atoms with Crippen molar-refractivity contribution >= 4 is 11.9 Å². The number of hydrogen-bond donors (Lipinski definition) is 1. The lowest BCUT2D eigenvalue weighted by atomic mass is 10.0. The number of amides is 1. The number of aryl methyl sites for hydroxylation is 2. The number of hydrogen-bond acceptors (Lipinski definition) is 7. The number of fused-ring (bicyclic) bond motifs is 1. The minimum Gasteiger partial charge on any atom is -0.453 e. The van der Waals surface area contributed by atoms with Gasteiger partial charge in [0.15, 0.2) is 0 Å². The van der Waals surface area contributed by atoms with Crippen molar-refractivity contribution in [1.29, 1.82) is 0 Å². The maximum absolute atomic E-state index is 11.7. The van der Waals surface area contributed by atoms with Gasteiger partial charge >= 0.3 is 6.09 Å². The van der Waals surface area contributed by atoms with Crippen LogP contribution in [0.4, 0.5) is 10.6 Å². The van der Waals surface area contributed by atoms with Crippen molar-refractivity contribution in [3.8, 4) is 11.3 Å². The van der Waals surface area contributed by atoms with Crippen LogP contribution in [0.2, 0.25) is 0 Å². The highest BCUT2D eigenvalue weighted by Gasteiger charge is 2.57. The number of ether oxygens (including phenoxy) is 1. The molecule has 0 spiro atoms. The van der Waals surface area contributed by atoms with E-state index in [1.807, 2.05) is 20.8 Å². The van der Waals surface area contributed by atoms with Crippen LogP contribution in [0.25, 0.3) is 11.3 Å². The van der Waals surface area contributed by atoms with E-state index in [9.17, 15) is 4.79 Å². The Bertz CT molecular complexity index is 891. The molecule has 1 N–H and O–H groups in total. The minimum atomic E-state index is -0.244. The number of nitrogens with one attached hydrogen (secondary N) is 1. The standard InChI is InChI=1S/C20H27N5O3/c1-9(2)18-21-16(15-11(4)24-28-12(15)5)10(3)19(23-18)22-17-13-7-25(8-14(13)17)20(26)27-6/h9,13-14,17H,7-8H2,1-6H3,(H,21,22,23)/t13-,14+,17?. The number of aromatic nitrogens is 3. The highest BCUT2D eigenvalue weighted by Crippen LogP contribution is 2.47. The molecule has 2 fully saturated rings. The maximum Gasteiger partial charge on any atom is 0.409 e. The SMILES string of the molecule is COC(=O)N1C[C@@H]2C(Nc3nc(C(C)C)nc(-c4c(C)noc4C)c3C)[C@@H]2C1. The second-order valence-electron chi connectivity index (χ2n) is 8.13. The van der Waals surface area contributed by atoms with Crippen molar-refractivity contribution in [3.05, 3.63) is 22.8 Å². The Morgan fingerprint density at radius 2 is 1.89 bits per heavy atom. The molecule has 2 aliphatic rings. The summed E-state index contributed by atoms with van der Waals surface area (Å²) in [6.45, 7) is 11.5. The third-order valence-corrected chi connectivity index (χ3v) is 5.88. The van der Waals surface area contributed by atoms with Gasteiger partial charge < -0.3 is 19.5 Å². The summed E-state index contributed by atoms with van der Waals surface area (Å²) in [5.41, 5.74) is 3.64. The molecule has 1 aliphatic carbocycles. The van der Waals surface area contributed by atoms with E-state index in [0.717, 1.165) is 53.0 Å². The van der Waals surface area contributed by atoms with Crippen LogP contribution < -0.4 is 5.32 Å². The fraction of sp³-hybridized carbons (Fsp3) is 0.600. The average Bonchev–Trinajstić information content (AvgIpc) is 2.97. The average molecular weight is 385 g/mol. The largest absolute Gasteiger partial charge is 0.453 e. The van der Waals surface area contributed by atoms with Crippen molar-refractivity contribution in [2.75, 3.05) is 25.5 Å². The van der Waals surface area contributed by atoms with Crippen LogP contribution in [0.5, 0.6) is 0 Å². The van der Waals surface area contributed by atoms with E-state index < -0.39 is 0 Å². The molecule has 8 nitrogen and oxygen atoms in total. The van der Waals surface area contributed by atoms with Gasteiger partial charge in [0.25, 0.3) is 0 Å². The van der Waals surface area contributed by atoms with Gasteiger partial charge in [-0.25, -0.2) is 14.8 Å². The molecule has 1 aliphatic heterocycles. The Hall–Kier alpha value is -2.64. The zero-order chi connectivity index (χ0) is 20.2. The van der Waals surface area contributed by atoms with E-state index in [1.54, 1.807) is 4.90 Å². The van der Waals surface area contributed by atoms with Gasteiger partial charge in [-0.3, -0.25) is 0 Å². The molecule has 0 radical (unpaired) electrons. The van der Waals surface area contributed by atoms with Crippen molar-refractivity contribution in [2.45, 2.75) is 46.6 Å². The third kappa shape index (κ3) is 3.00. The quantitative estimate of drug-likeness (QED) is 0.863. The van der Waals surface area contributed by atoms with Gasteiger partial charge in [0.05, 0.1) is 24.1 Å². The number of rotatable bonds is 4. The summed E-state index contributed by atoms with van der Waals surface area (Å²) in [5, 5.41) is 7.70. The first-order valence-corrected chi connectivity index (χ1v) is 9.73. The predicted molar refractivity (Wildman–Crippen MR) is 104 cm³/mol. The Labute approximate surface area is 164 Å². The van der Waals surface area contributed by atoms with E-state index in [0.29, 0.717) is 17.9 Å². The Morgan fingerprint density at radius 3 is 2.43 bits per heavy atom. The third-order valence-electron chi connectivity index (χ3n) is 5.88. The molecule has 3 heterocycles. The van der Waals surface area contributed by atoms with Gasteiger partial charge in [-0.1, -0.05) is 19.0 Å². The fourth-order valence-corrected chi connectivity index (χ4v) is 4.17. The molecule has 28 heavy (non-hydrogen) atoms. The first-order chi connectivity index (χ1) is 13.3. The van der Waals surface area contributed by atoms with Crippen molar-refractivity contribution in [1.82, 2.24) is 20.0 Å². The zero-order valence-electron chi connectivity index (χ0n) is 17.2. The molecule has 3 atom stereocenters. The molecule has 1 saturated carbocycles. The normalized spacial score (nSPS) is 23.1. The zero-order valence-corrected chi connectivity index (χ0v) is 17.2. The predicted octanol–water partition coefficient (Wildman–Crippen LogP) is 3.29. The van der Waals surface area contributed by atoms with Crippen molar-refractivity contribution in [3.63, 3.8) is 0 Å². The summed E-state index contributed by atoms with van der Waals surface area (Å²) in [4.78, 5) is 23.1. The number of likely N-dealkylation sites (tertiary alicyclic amines) is 1. The van der Waals surface area contributed by atoms with E-state index in [1.165, 1.54) is 7.11 Å². The first kappa shape index (κ1) is 18.7. The lowest BCUT2D eigenvalue weighted by molar-refractivity contribution is 0.128. The molecular formula is C20H27N5O3. The molecule has 0 aromatic carbocycles. The van der Waals surface area contributed by atoms with Crippen molar-refractivity contribution < 1.29 is 14.1 Å². The summed E-state index contributed by atoms with van der Waals surface area (Å²) in [6.07, 6.45) is -0.244. The summed E-state index contributed by atoms with van der Waals surface area (Å²) in [7, 11) is 1.43. The van der Waals surface area contributed by atoms with Gasteiger partial charge in [0, 0.05) is 42.4 Å². The van der Waals surface area contributed by atoms with Crippen LogP contribution in [0.15, 0.2) is 4.52 Å². The molecule has 1 amide bonds. The molecule has 8 heteroatoms. The van der Waals surface area contributed by atoms with Crippen LogP contribution in [-0.4, -0.2) is 52.4 Å². The second kappa shape index (κ2) is 6.76. The Morgan fingerprint density at radius 1 is 1.21 bits per heavy atom. The van der Waals surface area contributed by atoms with Crippen molar-refractivity contribution in [2.24, 2.45) is 11.8 Å². The van der Waals surface area contributed by atoms with Crippen LogP contribution in [0, 0.1) is 32.6 Å².